The quantitative estimate of drug-likeness (QED) is 0.745. The third-order valence-corrected chi connectivity index (χ3v) is 6.77. The molecule has 2 aliphatic rings. The Labute approximate surface area is 139 Å². The van der Waals surface area contributed by atoms with Gasteiger partial charge in [-0.2, -0.15) is 5.10 Å². The third-order valence-electron chi connectivity index (χ3n) is 5.09. The molecule has 2 aliphatic heterocycles. The van der Waals surface area contributed by atoms with Gasteiger partial charge in [-0.3, -0.25) is 9.58 Å². The topological polar surface area (TPSA) is 58.4 Å². The lowest BCUT2D eigenvalue weighted by Gasteiger charge is -2.34. The van der Waals surface area contributed by atoms with E-state index in [-0.39, 0.29) is 11.5 Å². The van der Waals surface area contributed by atoms with Crippen LogP contribution in [0.25, 0.3) is 0 Å². The number of aromatic nitrogens is 2. The van der Waals surface area contributed by atoms with Crippen molar-refractivity contribution in [3.05, 3.63) is 18.0 Å². The standard InChI is InChI=1S/C16H28N4O2S/c1-2-23(21,22)12-11-19-13-15-5-7-17-20(15)16(14-19)6-10-18-8-3-4-9-18/h5,7,16H,2-4,6,8-14H2,1H3. The number of fused-ring (bicyclic) bond motifs is 1. The van der Waals surface area contributed by atoms with E-state index in [1.165, 1.54) is 31.6 Å². The number of hydrogen-bond acceptors (Lipinski definition) is 5. The summed E-state index contributed by atoms with van der Waals surface area (Å²) in [6.07, 6.45) is 5.59. The van der Waals surface area contributed by atoms with E-state index in [0.29, 0.717) is 12.6 Å². The van der Waals surface area contributed by atoms with Crippen LogP contribution in [0, 0.1) is 0 Å². The van der Waals surface area contributed by atoms with Gasteiger partial charge in [-0.05, 0) is 38.4 Å². The molecule has 0 saturated carbocycles. The number of rotatable bonds is 7. The van der Waals surface area contributed by atoms with Crippen LogP contribution in [0.2, 0.25) is 0 Å². The van der Waals surface area contributed by atoms with Crippen LogP contribution in [0.1, 0.15) is 37.9 Å². The molecule has 1 atom stereocenters. The molecule has 3 rings (SSSR count). The minimum atomic E-state index is -2.90. The summed E-state index contributed by atoms with van der Waals surface area (Å²) in [4.78, 5) is 4.81. The summed E-state index contributed by atoms with van der Waals surface area (Å²) in [7, 11) is -2.90. The highest BCUT2D eigenvalue weighted by molar-refractivity contribution is 7.91. The molecule has 0 spiro atoms. The van der Waals surface area contributed by atoms with Gasteiger partial charge in [-0.25, -0.2) is 8.42 Å². The Bertz CT molecular complexity index is 607. The van der Waals surface area contributed by atoms with Gasteiger partial charge in [0.05, 0.1) is 17.5 Å². The molecule has 0 bridgehead atoms. The Hall–Kier alpha value is -0.920. The van der Waals surface area contributed by atoms with Crippen molar-refractivity contribution in [3.8, 4) is 0 Å². The summed E-state index contributed by atoms with van der Waals surface area (Å²) in [5.74, 6) is 0.494. The maximum absolute atomic E-state index is 11.8. The minimum absolute atomic E-state index is 0.233. The van der Waals surface area contributed by atoms with Crippen LogP contribution in [-0.4, -0.2) is 72.2 Å². The summed E-state index contributed by atoms with van der Waals surface area (Å²) in [6, 6.07) is 2.42. The Morgan fingerprint density at radius 1 is 1.22 bits per heavy atom. The summed E-state index contributed by atoms with van der Waals surface area (Å²) in [5, 5.41) is 4.50. The molecule has 0 aromatic carbocycles. The molecule has 1 unspecified atom stereocenters. The van der Waals surface area contributed by atoms with Gasteiger partial charge in [0.1, 0.15) is 0 Å². The van der Waals surface area contributed by atoms with E-state index < -0.39 is 9.84 Å². The van der Waals surface area contributed by atoms with Gasteiger partial charge in [-0.15, -0.1) is 0 Å². The van der Waals surface area contributed by atoms with Crippen molar-refractivity contribution in [2.75, 3.05) is 44.2 Å². The highest BCUT2D eigenvalue weighted by Crippen LogP contribution is 2.23. The predicted octanol–water partition coefficient (Wildman–Crippen LogP) is 1.16. The fraction of sp³-hybridized carbons (Fsp3) is 0.812. The van der Waals surface area contributed by atoms with E-state index in [1.54, 1.807) is 6.92 Å². The molecule has 0 radical (unpaired) electrons. The van der Waals surface area contributed by atoms with E-state index in [0.717, 1.165) is 26.1 Å². The van der Waals surface area contributed by atoms with Crippen molar-refractivity contribution >= 4 is 9.84 Å². The van der Waals surface area contributed by atoms with E-state index >= 15 is 0 Å². The van der Waals surface area contributed by atoms with Crippen molar-refractivity contribution in [1.29, 1.82) is 0 Å². The molecule has 3 heterocycles. The fourth-order valence-corrected chi connectivity index (χ4v) is 4.42. The van der Waals surface area contributed by atoms with Gasteiger partial charge >= 0.3 is 0 Å². The molecular formula is C16H28N4O2S. The first kappa shape index (κ1) is 16.9. The predicted molar refractivity (Wildman–Crippen MR) is 91.2 cm³/mol. The lowest BCUT2D eigenvalue weighted by molar-refractivity contribution is 0.165. The summed E-state index contributed by atoms with van der Waals surface area (Å²) >= 11 is 0. The highest BCUT2D eigenvalue weighted by Gasteiger charge is 2.26. The van der Waals surface area contributed by atoms with Crippen LogP contribution in [0.5, 0.6) is 0 Å². The molecule has 1 saturated heterocycles. The average molecular weight is 340 g/mol. The molecule has 0 aliphatic carbocycles. The van der Waals surface area contributed by atoms with E-state index in [1.807, 2.05) is 6.20 Å². The third kappa shape index (κ3) is 4.33. The molecule has 6 nitrogen and oxygen atoms in total. The van der Waals surface area contributed by atoms with Gasteiger partial charge in [-0.1, -0.05) is 6.92 Å². The van der Waals surface area contributed by atoms with Crippen LogP contribution < -0.4 is 0 Å². The van der Waals surface area contributed by atoms with Gasteiger partial charge in [0.15, 0.2) is 9.84 Å². The number of likely N-dealkylation sites (tertiary alicyclic amines) is 1. The van der Waals surface area contributed by atoms with Crippen molar-refractivity contribution in [3.63, 3.8) is 0 Å². The van der Waals surface area contributed by atoms with Crippen LogP contribution in [0.4, 0.5) is 0 Å². The smallest absolute Gasteiger partial charge is 0.151 e. The van der Waals surface area contributed by atoms with Gasteiger partial charge in [0, 0.05) is 38.1 Å². The van der Waals surface area contributed by atoms with E-state index in [9.17, 15) is 8.42 Å². The maximum Gasteiger partial charge on any atom is 0.151 e. The zero-order valence-corrected chi connectivity index (χ0v) is 14.8. The van der Waals surface area contributed by atoms with Crippen LogP contribution in [0.15, 0.2) is 12.3 Å². The normalized spacial score (nSPS) is 23.3. The van der Waals surface area contributed by atoms with Crippen LogP contribution in [0.3, 0.4) is 0 Å². The first-order chi connectivity index (χ1) is 11.1. The first-order valence-corrected chi connectivity index (χ1v) is 10.6. The number of nitrogens with zero attached hydrogens (tertiary/aromatic N) is 4. The van der Waals surface area contributed by atoms with E-state index in [4.69, 9.17) is 0 Å². The molecule has 0 amide bonds. The maximum atomic E-state index is 11.8. The van der Waals surface area contributed by atoms with Crippen molar-refractivity contribution in [1.82, 2.24) is 19.6 Å². The highest BCUT2D eigenvalue weighted by atomic mass is 32.2. The number of hydrogen-bond donors (Lipinski definition) is 0. The van der Waals surface area contributed by atoms with Crippen molar-refractivity contribution < 1.29 is 8.42 Å². The molecule has 1 aromatic heterocycles. The van der Waals surface area contributed by atoms with Gasteiger partial charge in [0.2, 0.25) is 0 Å². The van der Waals surface area contributed by atoms with Gasteiger partial charge < -0.3 is 4.90 Å². The first-order valence-electron chi connectivity index (χ1n) is 8.75. The van der Waals surface area contributed by atoms with Crippen molar-refractivity contribution in [2.45, 2.75) is 38.8 Å². The largest absolute Gasteiger partial charge is 0.303 e. The van der Waals surface area contributed by atoms with Crippen LogP contribution >= 0.6 is 0 Å². The SMILES string of the molecule is CCS(=O)(=O)CCN1Cc2ccnn2C(CCN2CCCC2)C1. The fourth-order valence-electron chi connectivity index (χ4n) is 3.60. The van der Waals surface area contributed by atoms with Crippen molar-refractivity contribution in [2.24, 2.45) is 0 Å². The Balaban J connectivity index is 1.60. The lowest BCUT2D eigenvalue weighted by Crippen LogP contribution is -2.41. The summed E-state index contributed by atoms with van der Waals surface area (Å²) in [5.41, 5.74) is 1.21. The monoisotopic (exact) mass is 340 g/mol. The van der Waals surface area contributed by atoms with Crippen LogP contribution in [-0.2, 0) is 16.4 Å². The lowest BCUT2D eigenvalue weighted by atomic mass is 10.1. The van der Waals surface area contributed by atoms with E-state index in [2.05, 4.69) is 25.6 Å². The molecular weight excluding hydrogens is 312 g/mol. The molecule has 0 N–H and O–H groups in total. The molecule has 1 fully saturated rings. The molecule has 130 valence electrons. The Kier molecular flexibility index (Phi) is 5.38. The zero-order valence-electron chi connectivity index (χ0n) is 14.0. The minimum Gasteiger partial charge on any atom is -0.303 e. The number of sulfone groups is 1. The second-order valence-corrected chi connectivity index (χ2v) is 9.20. The average Bonchev–Trinajstić information content (AvgIpc) is 3.22. The molecule has 23 heavy (non-hydrogen) atoms. The van der Waals surface area contributed by atoms with Gasteiger partial charge in [0.25, 0.3) is 0 Å². The molecule has 7 heteroatoms. The second kappa shape index (κ2) is 7.32. The summed E-state index contributed by atoms with van der Waals surface area (Å²) < 4.78 is 25.7. The Morgan fingerprint density at radius 2 is 2.00 bits per heavy atom. The summed E-state index contributed by atoms with van der Waals surface area (Å²) in [6.45, 7) is 7.61. The zero-order chi connectivity index (χ0) is 16.3. The molecule has 1 aromatic rings. The Morgan fingerprint density at radius 3 is 2.74 bits per heavy atom. The second-order valence-electron chi connectivity index (χ2n) is 6.73.